The fourth-order valence-electron chi connectivity index (χ4n) is 3.14. The van der Waals surface area contributed by atoms with Crippen molar-refractivity contribution in [3.05, 3.63) is 76.6 Å². The van der Waals surface area contributed by atoms with Gasteiger partial charge < -0.3 is 0 Å². The molecule has 0 aliphatic heterocycles. The zero-order chi connectivity index (χ0) is 16.1. The maximum Gasteiger partial charge on any atom is 0.255 e. The number of fused-ring (bicyclic) bond motifs is 1. The first-order chi connectivity index (χ1) is 11.3. The van der Waals surface area contributed by atoms with Crippen LogP contribution >= 0.6 is 0 Å². The van der Waals surface area contributed by atoms with E-state index in [2.05, 4.69) is 19.1 Å². The molecule has 0 bridgehead atoms. The Morgan fingerprint density at radius 2 is 1.61 bits per heavy atom. The molecule has 3 aromatic rings. The van der Waals surface area contributed by atoms with Crippen molar-refractivity contribution >= 4 is 10.9 Å². The standard InChI is InChI=1S/C21H23NO/c1-2-3-4-6-11-17-16-21(23)22(18-12-7-5-8-13-18)20-15-10-9-14-19(17)20/h5,7-10,12-16H,2-4,6,11H2,1H3. The summed E-state index contributed by atoms with van der Waals surface area (Å²) in [6.45, 7) is 2.22. The van der Waals surface area contributed by atoms with E-state index in [4.69, 9.17) is 0 Å². The van der Waals surface area contributed by atoms with Gasteiger partial charge in [0.05, 0.1) is 5.52 Å². The van der Waals surface area contributed by atoms with E-state index in [0.29, 0.717) is 0 Å². The lowest BCUT2D eigenvalue weighted by Crippen LogP contribution is -2.19. The summed E-state index contributed by atoms with van der Waals surface area (Å²) in [5.41, 5.74) is 3.15. The molecule has 0 radical (unpaired) electrons. The quantitative estimate of drug-likeness (QED) is 0.580. The molecule has 1 aromatic heterocycles. The highest BCUT2D eigenvalue weighted by Gasteiger charge is 2.09. The van der Waals surface area contributed by atoms with Gasteiger partial charge in [-0.15, -0.1) is 0 Å². The fraction of sp³-hybridized carbons (Fsp3) is 0.286. The van der Waals surface area contributed by atoms with Gasteiger partial charge in [-0.25, -0.2) is 0 Å². The predicted molar refractivity (Wildman–Crippen MR) is 97.4 cm³/mol. The van der Waals surface area contributed by atoms with E-state index in [0.717, 1.165) is 24.0 Å². The molecule has 0 saturated carbocycles. The molecule has 0 saturated heterocycles. The molecule has 0 atom stereocenters. The van der Waals surface area contributed by atoms with Crippen LogP contribution in [0.25, 0.3) is 16.6 Å². The molecule has 1 heterocycles. The third kappa shape index (κ3) is 3.37. The molecule has 3 rings (SSSR count). The maximum atomic E-state index is 12.7. The van der Waals surface area contributed by atoms with Gasteiger partial charge in [-0.3, -0.25) is 9.36 Å². The number of nitrogens with zero attached hydrogens (tertiary/aromatic N) is 1. The Hall–Kier alpha value is -2.35. The number of pyridine rings is 1. The molecule has 0 spiro atoms. The van der Waals surface area contributed by atoms with Crippen LogP contribution in [-0.2, 0) is 6.42 Å². The third-order valence-electron chi connectivity index (χ3n) is 4.32. The summed E-state index contributed by atoms with van der Waals surface area (Å²) in [4.78, 5) is 12.7. The third-order valence-corrected chi connectivity index (χ3v) is 4.32. The summed E-state index contributed by atoms with van der Waals surface area (Å²) in [7, 11) is 0. The number of benzene rings is 2. The molecule has 118 valence electrons. The summed E-state index contributed by atoms with van der Waals surface area (Å²) in [6.07, 6.45) is 5.85. The van der Waals surface area contributed by atoms with Crippen LogP contribution in [0.15, 0.2) is 65.5 Å². The number of hydrogen-bond donors (Lipinski definition) is 0. The van der Waals surface area contributed by atoms with Gasteiger partial charge in [-0.2, -0.15) is 0 Å². The zero-order valence-electron chi connectivity index (χ0n) is 13.7. The lowest BCUT2D eigenvalue weighted by atomic mass is 10.0. The Kier molecular flexibility index (Phi) is 4.92. The van der Waals surface area contributed by atoms with Crippen LogP contribution in [0.4, 0.5) is 0 Å². The number of rotatable bonds is 6. The summed E-state index contributed by atoms with van der Waals surface area (Å²) in [5.74, 6) is 0. The molecular weight excluding hydrogens is 282 g/mol. The van der Waals surface area contributed by atoms with Gasteiger partial charge in [0, 0.05) is 17.1 Å². The maximum absolute atomic E-state index is 12.7. The second-order valence-corrected chi connectivity index (χ2v) is 6.01. The molecule has 0 aliphatic carbocycles. The minimum atomic E-state index is 0.0559. The van der Waals surface area contributed by atoms with Crippen molar-refractivity contribution in [3.63, 3.8) is 0 Å². The Morgan fingerprint density at radius 3 is 2.39 bits per heavy atom. The second-order valence-electron chi connectivity index (χ2n) is 6.01. The highest BCUT2D eigenvalue weighted by molar-refractivity contribution is 5.84. The van der Waals surface area contributed by atoms with Gasteiger partial charge in [0.15, 0.2) is 0 Å². The van der Waals surface area contributed by atoms with Crippen LogP contribution in [0.1, 0.15) is 38.2 Å². The normalized spacial score (nSPS) is 11.0. The Bertz CT molecular complexity index is 833. The molecule has 0 fully saturated rings. The van der Waals surface area contributed by atoms with E-state index in [1.165, 1.54) is 30.2 Å². The van der Waals surface area contributed by atoms with Crippen LogP contribution in [0, 0.1) is 0 Å². The number of unbranched alkanes of at least 4 members (excludes halogenated alkanes) is 3. The molecule has 0 amide bonds. The van der Waals surface area contributed by atoms with E-state index in [1.54, 1.807) is 0 Å². The van der Waals surface area contributed by atoms with Crippen molar-refractivity contribution in [1.82, 2.24) is 4.57 Å². The average Bonchev–Trinajstić information content (AvgIpc) is 2.59. The first kappa shape index (κ1) is 15.5. The summed E-state index contributed by atoms with van der Waals surface area (Å²) in [5, 5.41) is 1.19. The van der Waals surface area contributed by atoms with Gasteiger partial charge in [0.25, 0.3) is 5.56 Å². The molecule has 0 N–H and O–H groups in total. The molecule has 23 heavy (non-hydrogen) atoms. The van der Waals surface area contributed by atoms with Gasteiger partial charge in [-0.1, -0.05) is 62.6 Å². The van der Waals surface area contributed by atoms with Crippen molar-refractivity contribution in [3.8, 4) is 5.69 Å². The second kappa shape index (κ2) is 7.28. The van der Waals surface area contributed by atoms with Crippen LogP contribution in [0.5, 0.6) is 0 Å². The van der Waals surface area contributed by atoms with E-state index in [1.807, 2.05) is 53.1 Å². The Morgan fingerprint density at radius 1 is 0.870 bits per heavy atom. The topological polar surface area (TPSA) is 22.0 Å². The number of aromatic nitrogens is 1. The van der Waals surface area contributed by atoms with Gasteiger partial charge >= 0.3 is 0 Å². The number of para-hydroxylation sites is 2. The highest BCUT2D eigenvalue weighted by Crippen LogP contribution is 2.21. The monoisotopic (exact) mass is 305 g/mol. The molecule has 2 heteroatoms. The molecule has 0 aliphatic rings. The Labute approximate surface area is 137 Å². The summed E-state index contributed by atoms with van der Waals surface area (Å²) >= 11 is 0. The molecule has 2 aromatic carbocycles. The van der Waals surface area contributed by atoms with E-state index >= 15 is 0 Å². The van der Waals surface area contributed by atoms with Crippen LogP contribution in [0.3, 0.4) is 0 Å². The summed E-state index contributed by atoms with van der Waals surface area (Å²) < 4.78 is 1.81. The minimum absolute atomic E-state index is 0.0559. The minimum Gasteiger partial charge on any atom is -0.277 e. The van der Waals surface area contributed by atoms with Gasteiger partial charge in [0.2, 0.25) is 0 Å². The van der Waals surface area contributed by atoms with Crippen molar-refractivity contribution < 1.29 is 0 Å². The van der Waals surface area contributed by atoms with Crippen molar-refractivity contribution in [2.45, 2.75) is 39.0 Å². The highest BCUT2D eigenvalue weighted by atomic mass is 16.1. The van der Waals surface area contributed by atoms with Crippen molar-refractivity contribution in [1.29, 1.82) is 0 Å². The lowest BCUT2D eigenvalue weighted by molar-refractivity contribution is 0.667. The van der Waals surface area contributed by atoms with Crippen LogP contribution in [-0.4, -0.2) is 4.57 Å². The van der Waals surface area contributed by atoms with Crippen LogP contribution in [0.2, 0.25) is 0 Å². The number of hydrogen-bond acceptors (Lipinski definition) is 1. The van der Waals surface area contributed by atoms with E-state index in [9.17, 15) is 4.79 Å². The molecule has 2 nitrogen and oxygen atoms in total. The fourth-order valence-corrected chi connectivity index (χ4v) is 3.14. The summed E-state index contributed by atoms with van der Waals surface area (Å²) in [6, 6.07) is 19.9. The predicted octanol–water partition coefficient (Wildman–Crippen LogP) is 5.11. The van der Waals surface area contributed by atoms with E-state index < -0.39 is 0 Å². The smallest absolute Gasteiger partial charge is 0.255 e. The van der Waals surface area contributed by atoms with Crippen molar-refractivity contribution in [2.75, 3.05) is 0 Å². The SMILES string of the molecule is CCCCCCc1cc(=O)n(-c2ccccc2)c2ccccc12. The first-order valence-corrected chi connectivity index (χ1v) is 8.50. The first-order valence-electron chi connectivity index (χ1n) is 8.50. The van der Waals surface area contributed by atoms with Gasteiger partial charge in [0.1, 0.15) is 0 Å². The zero-order valence-corrected chi connectivity index (χ0v) is 13.7. The number of aryl methyl sites for hydroxylation is 1. The van der Waals surface area contributed by atoms with Gasteiger partial charge in [-0.05, 0) is 36.6 Å². The lowest BCUT2D eigenvalue weighted by Gasteiger charge is -2.13. The van der Waals surface area contributed by atoms with E-state index in [-0.39, 0.29) is 5.56 Å². The molecule has 0 unspecified atom stereocenters. The average molecular weight is 305 g/mol. The van der Waals surface area contributed by atoms with Crippen molar-refractivity contribution in [2.24, 2.45) is 0 Å². The van der Waals surface area contributed by atoms with Crippen LogP contribution < -0.4 is 5.56 Å². The Balaban J connectivity index is 2.07. The largest absolute Gasteiger partial charge is 0.277 e. The molecular formula is C21H23NO.